The highest BCUT2D eigenvalue weighted by Crippen LogP contribution is 2.02. The van der Waals surface area contributed by atoms with E-state index in [0.717, 1.165) is 12.8 Å². The highest BCUT2D eigenvalue weighted by molar-refractivity contribution is 4.63. The van der Waals surface area contributed by atoms with E-state index in [2.05, 4.69) is 6.92 Å². The summed E-state index contributed by atoms with van der Waals surface area (Å²) < 4.78 is 5.48. The zero-order chi connectivity index (χ0) is 8.27. The Morgan fingerprint density at radius 3 is 2.64 bits per heavy atom. The molecule has 1 saturated heterocycles. The van der Waals surface area contributed by atoms with Gasteiger partial charge in [-0.25, -0.2) is 0 Å². The molecule has 0 aromatic heterocycles. The summed E-state index contributed by atoms with van der Waals surface area (Å²) in [5.74, 6) is 0. The molecule has 0 aromatic carbocycles. The van der Waals surface area contributed by atoms with E-state index in [1.54, 1.807) is 0 Å². The second-order valence-electron chi connectivity index (χ2n) is 3.14. The first-order valence-corrected chi connectivity index (χ1v) is 4.42. The van der Waals surface area contributed by atoms with Crippen LogP contribution in [0.25, 0.3) is 0 Å². The number of rotatable bonds is 2. The Hall–Kier alpha value is -0.120. The molecule has 1 heterocycles. The molecule has 1 rings (SSSR count). The molecule has 11 heavy (non-hydrogen) atoms. The highest BCUT2D eigenvalue weighted by atomic mass is 16.5. The number of hydrogen-bond acceptors (Lipinski definition) is 2. The second-order valence-corrected chi connectivity index (χ2v) is 3.14. The van der Waals surface area contributed by atoms with Crippen LogP contribution in [0.15, 0.2) is 0 Å². The molecule has 66 valence electrons. The fourth-order valence-corrected chi connectivity index (χ4v) is 1.40. The first-order valence-electron chi connectivity index (χ1n) is 4.42. The van der Waals surface area contributed by atoms with Crippen LogP contribution in [0.4, 0.5) is 0 Å². The third-order valence-corrected chi connectivity index (χ3v) is 2.37. The normalized spacial score (nSPS) is 39.0. The van der Waals surface area contributed by atoms with E-state index in [0.29, 0.717) is 18.2 Å². The van der Waals surface area contributed by atoms with E-state index >= 15 is 0 Å². The summed E-state index contributed by atoms with van der Waals surface area (Å²) in [4.78, 5) is 0. The first kappa shape index (κ1) is 8.97. The molecule has 0 amide bonds. The van der Waals surface area contributed by atoms with Crippen molar-refractivity contribution in [3.05, 3.63) is 5.21 Å². The molecular weight excluding hydrogens is 142 g/mol. The lowest BCUT2D eigenvalue weighted by atomic mass is 10.1. The van der Waals surface area contributed by atoms with E-state index in [9.17, 15) is 5.21 Å². The molecule has 1 fully saturated rings. The molecule has 3 heteroatoms. The Morgan fingerprint density at radius 1 is 1.45 bits per heavy atom. The number of quaternary nitrogens is 1. The molecule has 0 saturated carbocycles. The highest BCUT2D eigenvalue weighted by Gasteiger charge is 2.24. The Balaban J connectivity index is 2.34. The molecule has 0 aromatic rings. The van der Waals surface area contributed by atoms with Crippen molar-refractivity contribution >= 4 is 0 Å². The van der Waals surface area contributed by atoms with Crippen molar-refractivity contribution in [1.82, 2.24) is 0 Å². The lowest BCUT2D eigenvalue weighted by molar-refractivity contribution is -0.889. The van der Waals surface area contributed by atoms with E-state index in [1.807, 2.05) is 6.92 Å². The van der Waals surface area contributed by atoms with Crippen LogP contribution in [0.5, 0.6) is 0 Å². The fraction of sp³-hybridized carbons (Fsp3) is 1.00. The average molecular weight is 159 g/mol. The van der Waals surface area contributed by atoms with Crippen molar-refractivity contribution in [1.29, 1.82) is 0 Å². The smallest absolute Gasteiger partial charge is 0.111 e. The Kier molecular flexibility index (Phi) is 3.30. The van der Waals surface area contributed by atoms with E-state index in [-0.39, 0.29) is 12.1 Å². The maximum atomic E-state index is 11.3. The summed E-state index contributed by atoms with van der Waals surface area (Å²) in [5, 5.41) is 11.7. The van der Waals surface area contributed by atoms with Crippen LogP contribution in [-0.4, -0.2) is 25.3 Å². The monoisotopic (exact) mass is 159 g/mol. The third kappa shape index (κ3) is 2.15. The predicted octanol–water partition coefficient (Wildman–Crippen LogP) is -0.0435. The van der Waals surface area contributed by atoms with Gasteiger partial charge in [-0.1, -0.05) is 13.8 Å². The average Bonchev–Trinajstić information content (AvgIpc) is 2.04. The van der Waals surface area contributed by atoms with Gasteiger partial charge in [0.05, 0.1) is 6.61 Å². The standard InChI is InChI=1S/C8H17NO2/c1-3-7-6-11-8(4-2)5-9(7)10/h7-9H,3-6H2,1-2H3. The van der Waals surface area contributed by atoms with Gasteiger partial charge in [-0.3, -0.25) is 0 Å². The van der Waals surface area contributed by atoms with Crippen molar-refractivity contribution in [3.8, 4) is 0 Å². The van der Waals surface area contributed by atoms with E-state index in [1.165, 1.54) is 0 Å². The summed E-state index contributed by atoms with van der Waals surface area (Å²) >= 11 is 0. The number of hydroxylamine groups is 2. The van der Waals surface area contributed by atoms with Crippen molar-refractivity contribution in [3.63, 3.8) is 0 Å². The summed E-state index contributed by atoms with van der Waals surface area (Å²) in [5.41, 5.74) is 0. The fourth-order valence-electron chi connectivity index (χ4n) is 1.40. The molecule has 0 spiro atoms. The molecule has 1 aliphatic heterocycles. The van der Waals surface area contributed by atoms with Crippen molar-refractivity contribution in [2.24, 2.45) is 0 Å². The maximum Gasteiger partial charge on any atom is 0.111 e. The Morgan fingerprint density at radius 2 is 2.18 bits per heavy atom. The summed E-state index contributed by atoms with van der Waals surface area (Å²) in [6, 6.07) is 0.179. The van der Waals surface area contributed by atoms with Gasteiger partial charge in [0.15, 0.2) is 0 Å². The quantitative estimate of drug-likeness (QED) is 0.574. The van der Waals surface area contributed by atoms with Crippen LogP contribution < -0.4 is 5.06 Å². The van der Waals surface area contributed by atoms with Gasteiger partial charge in [0.1, 0.15) is 18.7 Å². The molecule has 0 aliphatic carbocycles. The Labute approximate surface area is 67.9 Å². The number of hydrogen-bond donors (Lipinski definition) is 1. The van der Waals surface area contributed by atoms with Crippen molar-refractivity contribution in [2.75, 3.05) is 13.2 Å². The third-order valence-electron chi connectivity index (χ3n) is 2.37. The topological polar surface area (TPSA) is 36.7 Å². The van der Waals surface area contributed by atoms with E-state index < -0.39 is 0 Å². The van der Waals surface area contributed by atoms with Gasteiger partial charge < -0.3 is 15.0 Å². The van der Waals surface area contributed by atoms with Gasteiger partial charge in [-0.2, -0.15) is 0 Å². The second kappa shape index (κ2) is 4.04. The minimum absolute atomic E-state index is 0.179. The molecule has 3 atom stereocenters. The van der Waals surface area contributed by atoms with Gasteiger partial charge in [-0.15, -0.1) is 0 Å². The summed E-state index contributed by atoms with van der Waals surface area (Å²) in [6.07, 6.45) is 2.09. The van der Waals surface area contributed by atoms with E-state index in [4.69, 9.17) is 4.74 Å². The molecule has 1 N–H and O–H groups in total. The molecule has 0 bridgehead atoms. The van der Waals surface area contributed by atoms with Crippen LogP contribution >= 0.6 is 0 Å². The van der Waals surface area contributed by atoms with Crippen molar-refractivity contribution in [2.45, 2.75) is 38.8 Å². The molecule has 3 unspecified atom stereocenters. The van der Waals surface area contributed by atoms with Gasteiger partial charge in [0, 0.05) is 0 Å². The molecule has 1 aliphatic rings. The van der Waals surface area contributed by atoms with Gasteiger partial charge >= 0.3 is 0 Å². The SMILES string of the molecule is CCC1C[NH+]([O-])C(CC)CO1. The lowest BCUT2D eigenvalue weighted by Crippen LogP contribution is -3.14. The van der Waals surface area contributed by atoms with Crippen LogP contribution in [0.3, 0.4) is 0 Å². The molecular formula is C8H17NO2. The molecule has 3 nitrogen and oxygen atoms in total. The Bertz CT molecular complexity index is 119. The maximum absolute atomic E-state index is 11.3. The zero-order valence-corrected chi connectivity index (χ0v) is 7.30. The van der Waals surface area contributed by atoms with Gasteiger partial charge in [-0.05, 0) is 12.8 Å². The first-order chi connectivity index (χ1) is 5.27. The zero-order valence-electron chi connectivity index (χ0n) is 7.30. The van der Waals surface area contributed by atoms with Gasteiger partial charge in [0.2, 0.25) is 0 Å². The van der Waals surface area contributed by atoms with Crippen molar-refractivity contribution < 1.29 is 9.80 Å². The summed E-state index contributed by atoms with van der Waals surface area (Å²) in [7, 11) is 0. The largest absolute Gasteiger partial charge is 0.634 e. The molecule has 0 radical (unpaired) electrons. The lowest BCUT2D eigenvalue weighted by Gasteiger charge is -2.38. The predicted molar refractivity (Wildman–Crippen MR) is 43.3 cm³/mol. The van der Waals surface area contributed by atoms with Crippen LogP contribution in [-0.2, 0) is 4.74 Å². The number of nitrogens with one attached hydrogen (secondary N) is 1. The van der Waals surface area contributed by atoms with Crippen LogP contribution in [0.2, 0.25) is 0 Å². The minimum atomic E-state index is 0.179. The van der Waals surface area contributed by atoms with Crippen LogP contribution in [0.1, 0.15) is 26.7 Å². The number of morpholine rings is 1. The minimum Gasteiger partial charge on any atom is -0.634 e. The van der Waals surface area contributed by atoms with Gasteiger partial charge in [0.25, 0.3) is 0 Å². The van der Waals surface area contributed by atoms with Crippen LogP contribution in [0, 0.1) is 5.21 Å². The number of ether oxygens (including phenoxy) is 1. The summed E-state index contributed by atoms with van der Waals surface area (Å²) in [6.45, 7) is 5.38.